The maximum Gasteiger partial charge on any atom is 0.294 e. The number of rotatable bonds is 2. The van der Waals surface area contributed by atoms with Crippen LogP contribution in [0, 0.1) is 6.92 Å². The van der Waals surface area contributed by atoms with Gasteiger partial charge in [0, 0.05) is 0 Å². The van der Waals surface area contributed by atoms with Gasteiger partial charge in [0.25, 0.3) is 10.1 Å². The first-order valence-corrected chi connectivity index (χ1v) is 8.65. The highest BCUT2D eigenvalue weighted by atomic mass is 32.2. The highest BCUT2D eigenvalue weighted by molar-refractivity contribution is 7.85. The summed E-state index contributed by atoms with van der Waals surface area (Å²) in [5, 5.41) is 9.57. The zero-order valence-electron chi connectivity index (χ0n) is 11.8. The first-order chi connectivity index (χ1) is 10.4. The lowest BCUT2D eigenvalue weighted by Gasteiger charge is -1.95. The Morgan fingerprint density at radius 2 is 1.73 bits per heavy atom. The second kappa shape index (κ2) is 6.97. The number of nitrogens with zero attached hydrogens (tertiary/aromatic N) is 1. The van der Waals surface area contributed by atoms with Crippen molar-refractivity contribution in [2.45, 2.75) is 18.4 Å². The normalized spacial score (nSPS) is 11.0. The van der Waals surface area contributed by atoms with Crippen molar-refractivity contribution in [3.63, 3.8) is 0 Å². The van der Waals surface area contributed by atoms with E-state index in [1.807, 2.05) is 31.2 Å². The molecule has 0 atom stereocenters. The van der Waals surface area contributed by atoms with Gasteiger partial charge in [0.15, 0.2) is 0 Å². The zero-order valence-corrected chi connectivity index (χ0v) is 13.4. The van der Waals surface area contributed by atoms with Crippen LogP contribution in [0.5, 0.6) is 0 Å². The molecule has 2 aromatic carbocycles. The third-order valence-electron chi connectivity index (χ3n) is 2.79. The minimum atomic E-state index is -4.02. The molecule has 0 bridgehead atoms. The van der Waals surface area contributed by atoms with Crippen LogP contribution >= 0.6 is 11.3 Å². The topological polar surface area (TPSA) is 87.5 Å². The summed E-state index contributed by atoms with van der Waals surface area (Å²) in [7, 11) is -4.02. The van der Waals surface area contributed by atoms with Crippen molar-refractivity contribution in [2.24, 2.45) is 0 Å². The van der Waals surface area contributed by atoms with Gasteiger partial charge in [-0.1, -0.05) is 29.8 Å². The molecule has 0 saturated heterocycles. The molecule has 2 N–H and O–H groups in total. The number of para-hydroxylation sites is 1. The number of fused-ring (bicyclic) bond motifs is 1. The number of aliphatic hydroxyl groups excluding tert-OH is 1. The predicted octanol–water partition coefficient (Wildman–Crippen LogP) is 3.03. The molecule has 1 heterocycles. The van der Waals surface area contributed by atoms with Crippen LogP contribution in [0.15, 0.2) is 53.4 Å². The fourth-order valence-electron chi connectivity index (χ4n) is 1.70. The van der Waals surface area contributed by atoms with Crippen LogP contribution < -0.4 is 0 Å². The smallest absolute Gasteiger partial charge is 0.294 e. The predicted molar refractivity (Wildman–Crippen MR) is 86.5 cm³/mol. The fourth-order valence-corrected chi connectivity index (χ4v) is 3.01. The molecule has 0 aliphatic heterocycles. The highest BCUT2D eigenvalue weighted by Gasteiger charge is 2.06. The van der Waals surface area contributed by atoms with Crippen molar-refractivity contribution in [2.75, 3.05) is 0 Å². The molecule has 0 fully saturated rings. The van der Waals surface area contributed by atoms with Crippen LogP contribution in [0.1, 0.15) is 10.6 Å². The van der Waals surface area contributed by atoms with Crippen molar-refractivity contribution in [1.29, 1.82) is 0 Å². The molecule has 7 heteroatoms. The van der Waals surface area contributed by atoms with Gasteiger partial charge in [0.05, 0.1) is 21.7 Å². The molecule has 0 unspecified atom stereocenters. The summed E-state index contributed by atoms with van der Waals surface area (Å²) in [6, 6.07) is 13.9. The molecule has 5 nitrogen and oxygen atoms in total. The van der Waals surface area contributed by atoms with Gasteiger partial charge in [-0.15, -0.1) is 11.3 Å². The quantitative estimate of drug-likeness (QED) is 0.702. The van der Waals surface area contributed by atoms with E-state index in [1.54, 1.807) is 12.1 Å². The number of aryl methyl sites for hydroxylation is 1. The molecule has 0 saturated carbocycles. The average Bonchev–Trinajstić information content (AvgIpc) is 2.90. The summed E-state index contributed by atoms with van der Waals surface area (Å²) < 4.78 is 30.7. The molecule has 0 radical (unpaired) electrons. The molecular weight excluding hydrogens is 322 g/mol. The van der Waals surface area contributed by atoms with E-state index in [1.165, 1.54) is 23.5 Å². The molecular formula is C15H15NO4S2. The summed E-state index contributed by atoms with van der Waals surface area (Å²) in [5.74, 6) is 0. The standard InChI is InChI=1S/C8H7NOS.C7H8O3S/c10-5-8-9-6-3-1-2-4-7(6)11-8;1-6-2-4-7(5-3-6)11(8,9)10/h1-4,10H,5H2;2-5H,1H3,(H,8,9,10). The average molecular weight is 337 g/mol. The van der Waals surface area contributed by atoms with E-state index < -0.39 is 10.1 Å². The van der Waals surface area contributed by atoms with Crippen LogP contribution in [0.3, 0.4) is 0 Å². The molecule has 0 amide bonds. The van der Waals surface area contributed by atoms with Crippen molar-refractivity contribution in [3.05, 3.63) is 59.1 Å². The van der Waals surface area contributed by atoms with E-state index in [0.717, 1.165) is 20.8 Å². The third kappa shape index (κ3) is 4.35. The van der Waals surface area contributed by atoms with Gasteiger partial charge < -0.3 is 5.11 Å². The number of hydrogen-bond donors (Lipinski definition) is 2. The molecule has 3 aromatic rings. The van der Waals surface area contributed by atoms with Crippen molar-refractivity contribution in [1.82, 2.24) is 4.98 Å². The van der Waals surface area contributed by atoms with Gasteiger partial charge in [-0.2, -0.15) is 8.42 Å². The van der Waals surface area contributed by atoms with E-state index >= 15 is 0 Å². The Hall–Kier alpha value is -1.80. The monoisotopic (exact) mass is 337 g/mol. The largest absolute Gasteiger partial charge is 0.389 e. The summed E-state index contributed by atoms with van der Waals surface area (Å²) in [5.41, 5.74) is 1.93. The van der Waals surface area contributed by atoms with Gasteiger partial charge in [-0.3, -0.25) is 4.55 Å². The van der Waals surface area contributed by atoms with Gasteiger partial charge in [0.1, 0.15) is 5.01 Å². The number of hydrogen-bond acceptors (Lipinski definition) is 5. The van der Waals surface area contributed by atoms with Gasteiger partial charge in [-0.05, 0) is 31.2 Å². The molecule has 22 heavy (non-hydrogen) atoms. The lowest BCUT2D eigenvalue weighted by Crippen LogP contribution is -1.96. The fraction of sp³-hybridized carbons (Fsp3) is 0.133. The van der Waals surface area contributed by atoms with Gasteiger partial charge in [-0.25, -0.2) is 4.98 Å². The maximum atomic E-state index is 10.5. The first kappa shape index (κ1) is 16.6. The van der Waals surface area contributed by atoms with Crippen molar-refractivity contribution < 1.29 is 18.1 Å². The second-order valence-electron chi connectivity index (χ2n) is 4.52. The van der Waals surface area contributed by atoms with Crippen LogP contribution in [-0.2, 0) is 16.7 Å². The Morgan fingerprint density at radius 1 is 1.09 bits per heavy atom. The number of benzene rings is 2. The van der Waals surface area contributed by atoms with E-state index in [2.05, 4.69) is 4.98 Å². The molecule has 116 valence electrons. The Bertz CT molecular complexity index is 822. The lowest BCUT2D eigenvalue weighted by atomic mass is 10.2. The van der Waals surface area contributed by atoms with Crippen LogP contribution in [0.2, 0.25) is 0 Å². The maximum absolute atomic E-state index is 10.5. The summed E-state index contributed by atoms with van der Waals surface area (Å²) in [6.45, 7) is 1.88. The lowest BCUT2D eigenvalue weighted by molar-refractivity contribution is 0.281. The Kier molecular flexibility index (Phi) is 5.25. The number of aromatic nitrogens is 1. The van der Waals surface area contributed by atoms with Gasteiger partial charge >= 0.3 is 0 Å². The van der Waals surface area contributed by atoms with E-state index in [0.29, 0.717) is 0 Å². The van der Waals surface area contributed by atoms with E-state index in [9.17, 15) is 8.42 Å². The molecule has 0 aliphatic rings. The van der Waals surface area contributed by atoms with Gasteiger partial charge in [0.2, 0.25) is 0 Å². The minimum absolute atomic E-state index is 0.0410. The van der Waals surface area contributed by atoms with Crippen LogP contribution in [0.4, 0.5) is 0 Å². The Balaban J connectivity index is 0.000000160. The van der Waals surface area contributed by atoms with Crippen molar-refractivity contribution in [3.8, 4) is 0 Å². The van der Waals surface area contributed by atoms with Crippen molar-refractivity contribution >= 4 is 31.7 Å². The number of aliphatic hydroxyl groups is 1. The second-order valence-corrected chi connectivity index (χ2v) is 7.06. The highest BCUT2D eigenvalue weighted by Crippen LogP contribution is 2.20. The third-order valence-corrected chi connectivity index (χ3v) is 4.68. The summed E-state index contributed by atoms with van der Waals surface area (Å²) in [6.07, 6.45) is 0. The molecule has 0 aliphatic carbocycles. The SMILES string of the molecule is Cc1ccc(S(=O)(=O)O)cc1.OCc1nc2ccccc2s1. The molecule has 0 spiro atoms. The molecule has 1 aromatic heterocycles. The van der Waals surface area contributed by atoms with E-state index in [-0.39, 0.29) is 11.5 Å². The first-order valence-electron chi connectivity index (χ1n) is 6.39. The molecule has 3 rings (SSSR count). The Morgan fingerprint density at radius 3 is 2.27 bits per heavy atom. The van der Waals surface area contributed by atoms with E-state index in [4.69, 9.17) is 9.66 Å². The summed E-state index contributed by atoms with van der Waals surface area (Å²) in [4.78, 5) is 4.13. The summed E-state index contributed by atoms with van der Waals surface area (Å²) >= 11 is 1.54. The Labute approximate surface area is 132 Å². The van der Waals surface area contributed by atoms with Crippen LogP contribution in [-0.4, -0.2) is 23.1 Å². The van der Waals surface area contributed by atoms with Crippen LogP contribution in [0.25, 0.3) is 10.2 Å². The minimum Gasteiger partial charge on any atom is -0.389 e. The zero-order chi connectivity index (χ0) is 16.2. The number of thiazole rings is 1.